The number of anilines is 1. The van der Waals surface area contributed by atoms with Crippen LogP contribution in [0.2, 0.25) is 0 Å². The van der Waals surface area contributed by atoms with Crippen LogP contribution in [-0.2, 0) is 0 Å². The molecular formula is C23H30FN5O. The van der Waals surface area contributed by atoms with Gasteiger partial charge in [-0.25, -0.2) is 14.4 Å². The van der Waals surface area contributed by atoms with Crippen molar-refractivity contribution in [2.24, 2.45) is 0 Å². The average molecular weight is 412 g/mol. The number of nitrogens with one attached hydrogen (secondary N) is 2. The SMILES string of the molecule is Cc1nc(NCCN2CCCC2)c(C(C)c2ccc(F)cc2)nc1C(=O)NC1CC1. The van der Waals surface area contributed by atoms with Gasteiger partial charge in [0.15, 0.2) is 0 Å². The maximum Gasteiger partial charge on any atom is 0.271 e. The molecule has 1 saturated carbocycles. The summed E-state index contributed by atoms with van der Waals surface area (Å²) >= 11 is 0. The largest absolute Gasteiger partial charge is 0.367 e. The van der Waals surface area contributed by atoms with Gasteiger partial charge in [-0.2, -0.15) is 0 Å². The van der Waals surface area contributed by atoms with Crippen LogP contribution in [-0.4, -0.2) is 53.0 Å². The highest BCUT2D eigenvalue weighted by molar-refractivity contribution is 5.94. The van der Waals surface area contributed by atoms with Gasteiger partial charge in [0.2, 0.25) is 0 Å². The van der Waals surface area contributed by atoms with E-state index in [1.54, 1.807) is 12.1 Å². The Morgan fingerprint density at radius 3 is 2.57 bits per heavy atom. The highest BCUT2D eigenvalue weighted by Crippen LogP contribution is 2.29. The Kier molecular flexibility index (Phi) is 6.27. The number of carbonyl (C=O) groups excluding carboxylic acids is 1. The fourth-order valence-corrected chi connectivity index (χ4v) is 3.91. The van der Waals surface area contributed by atoms with Crippen molar-refractivity contribution in [3.8, 4) is 0 Å². The fourth-order valence-electron chi connectivity index (χ4n) is 3.91. The van der Waals surface area contributed by atoms with Crippen molar-refractivity contribution in [1.82, 2.24) is 20.2 Å². The molecular weight excluding hydrogens is 381 g/mol. The molecule has 0 radical (unpaired) electrons. The lowest BCUT2D eigenvalue weighted by Gasteiger charge is -2.20. The van der Waals surface area contributed by atoms with E-state index >= 15 is 0 Å². The first kappa shape index (κ1) is 20.7. The number of likely N-dealkylation sites (tertiary alicyclic amines) is 1. The van der Waals surface area contributed by atoms with Gasteiger partial charge in [0, 0.05) is 25.0 Å². The Morgan fingerprint density at radius 1 is 1.20 bits per heavy atom. The second kappa shape index (κ2) is 9.08. The summed E-state index contributed by atoms with van der Waals surface area (Å²) in [4.78, 5) is 24.6. The maximum atomic E-state index is 13.4. The highest BCUT2D eigenvalue weighted by atomic mass is 19.1. The first-order valence-corrected chi connectivity index (χ1v) is 10.9. The van der Waals surface area contributed by atoms with Crippen LogP contribution in [0.25, 0.3) is 0 Å². The summed E-state index contributed by atoms with van der Waals surface area (Å²) in [5.41, 5.74) is 2.64. The Bertz CT molecular complexity index is 891. The van der Waals surface area contributed by atoms with E-state index in [9.17, 15) is 9.18 Å². The summed E-state index contributed by atoms with van der Waals surface area (Å²) in [7, 11) is 0. The molecule has 1 unspecified atom stereocenters. The number of hydrogen-bond acceptors (Lipinski definition) is 5. The number of rotatable bonds is 8. The predicted octanol–water partition coefficient (Wildman–Crippen LogP) is 3.48. The molecule has 1 atom stereocenters. The van der Waals surface area contributed by atoms with Crippen LogP contribution in [0.15, 0.2) is 24.3 Å². The highest BCUT2D eigenvalue weighted by Gasteiger charge is 2.27. The second-order valence-corrected chi connectivity index (χ2v) is 8.39. The van der Waals surface area contributed by atoms with Gasteiger partial charge in [-0.05, 0) is 63.4 Å². The van der Waals surface area contributed by atoms with E-state index in [2.05, 4.69) is 15.5 Å². The summed E-state index contributed by atoms with van der Waals surface area (Å²) in [5.74, 6) is 0.139. The molecule has 2 aliphatic rings. The molecule has 0 spiro atoms. The number of halogens is 1. The summed E-state index contributed by atoms with van der Waals surface area (Å²) in [5, 5.41) is 6.45. The summed E-state index contributed by atoms with van der Waals surface area (Å²) in [6.45, 7) is 7.85. The molecule has 2 N–H and O–H groups in total. The van der Waals surface area contributed by atoms with Crippen LogP contribution in [0.4, 0.5) is 10.2 Å². The number of aromatic nitrogens is 2. The van der Waals surface area contributed by atoms with Crippen LogP contribution in [0.5, 0.6) is 0 Å². The molecule has 30 heavy (non-hydrogen) atoms. The average Bonchev–Trinajstić information content (AvgIpc) is 3.39. The van der Waals surface area contributed by atoms with Gasteiger partial charge < -0.3 is 15.5 Å². The summed E-state index contributed by atoms with van der Waals surface area (Å²) in [6.07, 6.45) is 4.56. The lowest BCUT2D eigenvalue weighted by molar-refractivity contribution is 0.0944. The zero-order valence-electron chi connectivity index (χ0n) is 17.7. The standard InChI is InChI=1S/C23H30FN5O/c1-15(17-5-7-18(24)8-6-17)20-22(25-11-14-29-12-3-4-13-29)26-16(2)21(28-20)23(30)27-19-9-10-19/h5-8,15,19H,3-4,9-14H2,1-2H3,(H,25,26)(H,27,30). The normalized spacial score (nSPS) is 17.7. The van der Waals surface area contributed by atoms with Crippen LogP contribution < -0.4 is 10.6 Å². The molecule has 2 fully saturated rings. The third kappa shape index (κ3) is 4.95. The Labute approximate surface area is 177 Å². The number of amides is 1. The van der Waals surface area contributed by atoms with E-state index in [4.69, 9.17) is 9.97 Å². The van der Waals surface area contributed by atoms with E-state index in [0.717, 1.165) is 50.3 Å². The van der Waals surface area contributed by atoms with Gasteiger partial charge in [0.25, 0.3) is 5.91 Å². The van der Waals surface area contributed by atoms with E-state index in [-0.39, 0.29) is 23.7 Å². The summed E-state index contributed by atoms with van der Waals surface area (Å²) in [6, 6.07) is 6.69. The first-order chi connectivity index (χ1) is 14.5. The van der Waals surface area contributed by atoms with Crippen molar-refractivity contribution in [3.63, 3.8) is 0 Å². The van der Waals surface area contributed by atoms with Gasteiger partial charge in [-0.15, -0.1) is 0 Å². The quantitative estimate of drug-likeness (QED) is 0.696. The maximum absolute atomic E-state index is 13.4. The van der Waals surface area contributed by atoms with Crippen LogP contribution >= 0.6 is 0 Å². The van der Waals surface area contributed by atoms with E-state index in [0.29, 0.717) is 17.2 Å². The molecule has 6 nitrogen and oxygen atoms in total. The Balaban J connectivity index is 1.59. The lowest BCUT2D eigenvalue weighted by Crippen LogP contribution is -2.29. The Morgan fingerprint density at radius 2 is 1.90 bits per heavy atom. The van der Waals surface area contributed by atoms with Gasteiger partial charge in [-0.1, -0.05) is 19.1 Å². The van der Waals surface area contributed by atoms with Crippen molar-refractivity contribution in [2.75, 3.05) is 31.5 Å². The molecule has 1 aliphatic heterocycles. The molecule has 2 aromatic rings. The van der Waals surface area contributed by atoms with Crippen molar-refractivity contribution < 1.29 is 9.18 Å². The van der Waals surface area contributed by atoms with E-state index < -0.39 is 0 Å². The number of benzene rings is 1. The molecule has 1 saturated heterocycles. The van der Waals surface area contributed by atoms with Gasteiger partial charge in [-0.3, -0.25) is 4.79 Å². The lowest BCUT2D eigenvalue weighted by atomic mass is 9.97. The molecule has 2 heterocycles. The minimum atomic E-state index is -0.269. The number of hydrogen-bond donors (Lipinski definition) is 2. The van der Waals surface area contributed by atoms with Crippen molar-refractivity contribution in [3.05, 3.63) is 52.7 Å². The number of carbonyl (C=O) groups is 1. The zero-order valence-corrected chi connectivity index (χ0v) is 17.7. The number of nitrogens with zero attached hydrogens (tertiary/aromatic N) is 3. The molecule has 160 valence electrons. The molecule has 1 aliphatic carbocycles. The van der Waals surface area contributed by atoms with Crippen molar-refractivity contribution in [1.29, 1.82) is 0 Å². The zero-order chi connectivity index (χ0) is 21.1. The third-order valence-electron chi connectivity index (χ3n) is 5.92. The number of aryl methyl sites for hydroxylation is 1. The molecule has 0 bridgehead atoms. The minimum Gasteiger partial charge on any atom is -0.367 e. The predicted molar refractivity (Wildman–Crippen MR) is 115 cm³/mol. The molecule has 1 amide bonds. The minimum absolute atomic E-state index is 0.125. The van der Waals surface area contributed by atoms with Crippen LogP contribution in [0.1, 0.15) is 66.0 Å². The van der Waals surface area contributed by atoms with Crippen molar-refractivity contribution >= 4 is 11.7 Å². The van der Waals surface area contributed by atoms with Gasteiger partial charge in [0.05, 0.1) is 11.4 Å². The van der Waals surface area contributed by atoms with E-state index in [1.165, 1.54) is 25.0 Å². The second-order valence-electron chi connectivity index (χ2n) is 8.39. The van der Waals surface area contributed by atoms with E-state index in [1.807, 2.05) is 13.8 Å². The van der Waals surface area contributed by atoms with Gasteiger partial charge in [0.1, 0.15) is 17.3 Å². The third-order valence-corrected chi connectivity index (χ3v) is 5.92. The van der Waals surface area contributed by atoms with Gasteiger partial charge >= 0.3 is 0 Å². The van der Waals surface area contributed by atoms with Crippen LogP contribution in [0, 0.1) is 12.7 Å². The smallest absolute Gasteiger partial charge is 0.271 e. The first-order valence-electron chi connectivity index (χ1n) is 10.9. The Hall–Kier alpha value is -2.54. The monoisotopic (exact) mass is 411 g/mol. The molecule has 1 aromatic carbocycles. The van der Waals surface area contributed by atoms with Crippen LogP contribution in [0.3, 0.4) is 0 Å². The molecule has 7 heteroatoms. The fraction of sp³-hybridized carbons (Fsp3) is 0.522. The molecule has 4 rings (SSSR count). The van der Waals surface area contributed by atoms with Crippen molar-refractivity contribution in [2.45, 2.75) is 51.5 Å². The topological polar surface area (TPSA) is 70.2 Å². The molecule has 1 aromatic heterocycles. The summed E-state index contributed by atoms with van der Waals surface area (Å²) < 4.78 is 13.4.